The fourth-order valence-corrected chi connectivity index (χ4v) is 4.36. The zero-order valence-corrected chi connectivity index (χ0v) is 16.7. The summed E-state index contributed by atoms with van der Waals surface area (Å²) in [5.74, 6) is -0.243. The summed E-state index contributed by atoms with van der Waals surface area (Å²) in [6.07, 6.45) is 5.52. The quantitative estimate of drug-likeness (QED) is 0.404. The van der Waals surface area contributed by atoms with Crippen LogP contribution in [0.15, 0.2) is 60.0 Å². The fourth-order valence-electron chi connectivity index (χ4n) is 3.18. The largest absolute Gasteiger partial charge is 0.322 e. The van der Waals surface area contributed by atoms with Gasteiger partial charge in [0, 0.05) is 23.5 Å². The van der Waals surface area contributed by atoms with Crippen LogP contribution in [0.4, 0.5) is 0 Å². The molecule has 0 aliphatic rings. The van der Waals surface area contributed by atoms with Gasteiger partial charge in [0.15, 0.2) is 0 Å². The van der Waals surface area contributed by atoms with Crippen LogP contribution in [0.3, 0.4) is 0 Å². The molecule has 1 amide bonds. The van der Waals surface area contributed by atoms with Crippen molar-refractivity contribution in [3.63, 3.8) is 0 Å². The molecule has 0 aliphatic heterocycles. The SMILES string of the molecule is Cc1ccc(/C=N/NC(=O)c2sc3nc(C)cc(C)c3c2-n2cccc2)cc1. The molecule has 0 fully saturated rings. The Morgan fingerprint density at radius 3 is 2.57 bits per heavy atom. The summed E-state index contributed by atoms with van der Waals surface area (Å²) in [6, 6.07) is 13.9. The number of aromatic nitrogens is 2. The lowest BCUT2D eigenvalue weighted by Gasteiger charge is -2.07. The van der Waals surface area contributed by atoms with E-state index in [9.17, 15) is 4.79 Å². The number of fused-ring (bicyclic) bond motifs is 1. The number of carbonyl (C=O) groups is 1. The molecule has 4 aromatic rings. The van der Waals surface area contributed by atoms with Crippen LogP contribution in [0.25, 0.3) is 15.9 Å². The maximum absolute atomic E-state index is 12.9. The highest BCUT2D eigenvalue weighted by Gasteiger charge is 2.21. The predicted octanol–water partition coefficient (Wildman–Crippen LogP) is 4.78. The molecule has 140 valence electrons. The Labute approximate surface area is 167 Å². The molecule has 0 atom stereocenters. The molecule has 1 N–H and O–H groups in total. The van der Waals surface area contributed by atoms with E-state index in [1.165, 1.54) is 16.9 Å². The minimum Gasteiger partial charge on any atom is -0.322 e. The van der Waals surface area contributed by atoms with Crippen LogP contribution in [0.2, 0.25) is 0 Å². The van der Waals surface area contributed by atoms with Crippen LogP contribution in [0.1, 0.15) is 32.1 Å². The summed E-state index contributed by atoms with van der Waals surface area (Å²) in [4.78, 5) is 19.0. The van der Waals surface area contributed by atoms with Gasteiger partial charge < -0.3 is 4.57 Å². The van der Waals surface area contributed by atoms with Gasteiger partial charge in [0.2, 0.25) is 0 Å². The molecule has 0 aliphatic carbocycles. The van der Waals surface area contributed by atoms with E-state index < -0.39 is 0 Å². The van der Waals surface area contributed by atoms with Crippen molar-refractivity contribution in [3.05, 3.63) is 82.1 Å². The van der Waals surface area contributed by atoms with Gasteiger partial charge >= 0.3 is 0 Å². The van der Waals surface area contributed by atoms with Crippen molar-refractivity contribution in [2.75, 3.05) is 0 Å². The zero-order chi connectivity index (χ0) is 19.7. The Morgan fingerprint density at radius 2 is 1.86 bits per heavy atom. The van der Waals surface area contributed by atoms with Crippen LogP contribution in [0, 0.1) is 20.8 Å². The molecule has 0 radical (unpaired) electrons. The van der Waals surface area contributed by atoms with Crippen LogP contribution in [0.5, 0.6) is 0 Å². The van der Waals surface area contributed by atoms with Crippen LogP contribution in [-0.2, 0) is 0 Å². The maximum atomic E-state index is 12.9. The standard InChI is InChI=1S/C22H20N4OS/c1-14-6-8-17(9-7-14)13-23-25-21(27)20-19(26-10-4-5-11-26)18-15(2)12-16(3)24-22(18)28-20/h4-13H,1-3H3,(H,25,27)/b23-13+. The van der Waals surface area contributed by atoms with Crippen LogP contribution < -0.4 is 5.43 Å². The number of amides is 1. The number of carbonyl (C=O) groups excluding carboxylic acids is 1. The highest BCUT2D eigenvalue weighted by Crippen LogP contribution is 2.35. The van der Waals surface area contributed by atoms with E-state index in [2.05, 4.69) is 15.5 Å². The topological polar surface area (TPSA) is 59.3 Å². The number of nitrogens with zero attached hydrogens (tertiary/aromatic N) is 3. The number of thiophene rings is 1. The van der Waals surface area contributed by atoms with Gasteiger partial charge in [-0.3, -0.25) is 4.79 Å². The van der Waals surface area contributed by atoms with Crippen molar-refractivity contribution in [1.29, 1.82) is 0 Å². The maximum Gasteiger partial charge on any atom is 0.283 e. The lowest BCUT2D eigenvalue weighted by Crippen LogP contribution is -2.18. The van der Waals surface area contributed by atoms with Gasteiger partial charge in [-0.05, 0) is 50.1 Å². The molecule has 3 aromatic heterocycles. The summed E-state index contributed by atoms with van der Waals surface area (Å²) in [6.45, 7) is 6.05. The minimum atomic E-state index is -0.243. The third kappa shape index (κ3) is 3.46. The summed E-state index contributed by atoms with van der Waals surface area (Å²) in [5, 5.41) is 5.13. The average Bonchev–Trinajstić information content (AvgIpc) is 3.30. The van der Waals surface area contributed by atoms with Crippen molar-refractivity contribution >= 4 is 33.7 Å². The van der Waals surface area contributed by atoms with E-state index in [0.29, 0.717) is 4.88 Å². The van der Waals surface area contributed by atoms with E-state index in [-0.39, 0.29) is 5.91 Å². The van der Waals surface area contributed by atoms with Crippen LogP contribution in [-0.4, -0.2) is 21.7 Å². The first-order chi connectivity index (χ1) is 13.5. The van der Waals surface area contributed by atoms with E-state index in [1.807, 2.05) is 80.2 Å². The lowest BCUT2D eigenvalue weighted by molar-refractivity contribution is 0.0959. The Morgan fingerprint density at radius 1 is 1.14 bits per heavy atom. The fraction of sp³-hybridized carbons (Fsp3) is 0.136. The molecule has 0 bridgehead atoms. The first-order valence-electron chi connectivity index (χ1n) is 8.97. The smallest absolute Gasteiger partial charge is 0.283 e. The van der Waals surface area contributed by atoms with Gasteiger partial charge in [-0.25, -0.2) is 10.4 Å². The Bertz CT molecular complexity index is 1170. The molecule has 4 rings (SSSR count). The second-order valence-electron chi connectivity index (χ2n) is 6.74. The van der Waals surface area contributed by atoms with E-state index in [4.69, 9.17) is 0 Å². The summed E-state index contributed by atoms with van der Waals surface area (Å²) < 4.78 is 1.96. The third-order valence-electron chi connectivity index (χ3n) is 4.49. The molecule has 5 nitrogen and oxygen atoms in total. The first-order valence-corrected chi connectivity index (χ1v) is 9.79. The van der Waals surface area contributed by atoms with E-state index in [0.717, 1.165) is 32.7 Å². The second kappa shape index (κ2) is 7.40. The average molecular weight is 388 g/mol. The van der Waals surface area contributed by atoms with Crippen molar-refractivity contribution in [2.45, 2.75) is 20.8 Å². The van der Waals surface area contributed by atoms with Crippen molar-refractivity contribution in [1.82, 2.24) is 15.0 Å². The number of rotatable bonds is 4. The monoisotopic (exact) mass is 388 g/mol. The van der Waals surface area contributed by atoms with Crippen molar-refractivity contribution in [2.24, 2.45) is 5.10 Å². The molecule has 3 heterocycles. The molecule has 0 saturated heterocycles. The normalized spacial score (nSPS) is 11.4. The van der Waals surface area contributed by atoms with Gasteiger partial charge in [-0.15, -0.1) is 11.3 Å². The number of aryl methyl sites for hydroxylation is 3. The highest BCUT2D eigenvalue weighted by atomic mass is 32.1. The Balaban J connectivity index is 1.71. The van der Waals surface area contributed by atoms with Gasteiger partial charge in [0.25, 0.3) is 5.91 Å². The molecule has 0 saturated carbocycles. The van der Waals surface area contributed by atoms with Crippen molar-refractivity contribution < 1.29 is 4.79 Å². The molecule has 1 aromatic carbocycles. The number of nitrogens with one attached hydrogen (secondary N) is 1. The summed E-state index contributed by atoms with van der Waals surface area (Å²) in [5.41, 5.74) is 7.66. The number of benzene rings is 1. The number of hydrogen-bond acceptors (Lipinski definition) is 4. The summed E-state index contributed by atoms with van der Waals surface area (Å²) >= 11 is 1.39. The van der Waals surface area contributed by atoms with Crippen molar-refractivity contribution in [3.8, 4) is 5.69 Å². The van der Waals surface area contributed by atoms with E-state index in [1.54, 1.807) is 6.21 Å². The lowest BCUT2D eigenvalue weighted by atomic mass is 10.1. The number of pyridine rings is 1. The van der Waals surface area contributed by atoms with E-state index >= 15 is 0 Å². The molecule has 6 heteroatoms. The molecule has 0 spiro atoms. The Hall–Kier alpha value is -3.25. The van der Waals surface area contributed by atoms with Gasteiger partial charge in [0.05, 0.1) is 11.9 Å². The number of hydrogen-bond donors (Lipinski definition) is 1. The zero-order valence-electron chi connectivity index (χ0n) is 15.9. The van der Waals surface area contributed by atoms with Gasteiger partial charge in [0.1, 0.15) is 9.71 Å². The second-order valence-corrected chi connectivity index (χ2v) is 7.74. The van der Waals surface area contributed by atoms with Crippen LogP contribution >= 0.6 is 11.3 Å². The number of hydrazone groups is 1. The molecular weight excluding hydrogens is 368 g/mol. The molecular formula is C22H20N4OS. The Kier molecular flexibility index (Phi) is 4.79. The first kappa shape index (κ1) is 18.1. The predicted molar refractivity (Wildman–Crippen MR) is 115 cm³/mol. The van der Waals surface area contributed by atoms with Gasteiger partial charge in [-0.1, -0.05) is 29.8 Å². The van der Waals surface area contributed by atoms with Gasteiger partial charge in [-0.2, -0.15) is 5.10 Å². The minimum absolute atomic E-state index is 0.243. The highest BCUT2D eigenvalue weighted by molar-refractivity contribution is 7.21. The molecule has 28 heavy (non-hydrogen) atoms. The summed E-state index contributed by atoms with van der Waals surface area (Å²) in [7, 11) is 0. The third-order valence-corrected chi connectivity index (χ3v) is 5.56. The molecule has 0 unspecified atom stereocenters.